The summed E-state index contributed by atoms with van der Waals surface area (Å²) < 4.78 is 6.21. The molecule has 35 heavy (non-hydrogen) atoms. The summed E-state index contributed by atoms with van der Waals surface area (Å²) in [5, 5.41) is 8.77. The topological polar surface area (TPSA) is 50.6 Å². The molecule has 0 saturated heterocycles. The first-order valence-corrected chi connectivity index (χ1v) is 11.7. The summed E-state index contributed by atoms with van der Waals surface area (Å²) >= 11 is 0. The molecule has 0 saturated carbocycles. The number of allylic oxidation sites excluding steroid dienone is 2. The molecule has 0 radical (unpaired) electrons. The molecule has 1 aromatic carbocycles. The molecule has 0 amide bonds. The first kappa shape index (κ1) is 25.5. The molecule has 178 valence electrons. The van der Waals surface area contributed by atoms with Crippen molar-refractivity contribution in [1.82, 2.24) is 15.0 Å². The molecule has 2 aromatic heterocycles. The number of hydrogen-bond donors (Lipinski definition) is 0. The van der Waals surface area contributed by atoms with E-state index in [1.54, 1.807) is 12.4 Å². The Labute approximate surface area is 208 Å². The standard InChI is InChI=1S/C28H30N4O.C2H2/c1-4-32(3)31-28(21(2)23-16-18-29-19-17-23)33-20-22-10-12-25(13-11-22)27-15-14-24-8-6-5-7-9-26(24)30-27;1-2/h5-6,8-19,21H,4,7,20H2,1-3H3;1-2H/b31-28+;. The number of pyridine rings is 2. The molecule has 5 nitrogen and oxygen atoms in total. The lowest BCUT2D eigenvalue weighted by Gasteiger charge is -2.19. The van der Waals surface area contributed by atoms with Gasteiger partial charge < -0.3 is 4.74 Å². The van der Waals surface area contributed by atoms with Crippen molar-refractivity contribution in [3.8, 4) is 24.1 Å². The maximum absolute atomic E-state index is 6.21. The second kappa shape index (κ2) is 12.9. The van der Waals surface area contributed by atoms with Crippen LogP contribution in [0.1, 0.15) is 37.3 Å². The van der Waals surface area contributed by atoms with Crippen LogP contribution in [0.2, 0.25) is 0 Å². The smallest absolute Gasteiger partial charge is 0.213 e. The van der Waals surface area contributed by atoms with E-state index in [0.29, 0.717) is 12.5 Å². The highest BCUT2D eigenvalue weighted by molar-refractivity contribution is 5.83. The number of benzene rings is 1. The van der Waals surface area contributed by atoms with E-state index in [2.05, 4.69) is 97.5 Å². The number of terminal acetylenes is 1. The van der Waals surface area contributed by atoms with Crippen molar-refractivity contribution >= 4 is 18.0 Å². The summed E-state index contributed by atoms with van der Waals surface area (Å²) in [7, 11) is 1.95. The fourth-order valence-corrected chi connectivity index (χ4v) is 3.58. The maximum Gasteiger partial charge on any atom is 0.213 e. The largest absolute Gasteiger partial charge is 0.474 e. The number of rotatable bonds is 7. The third kappa shape index (κ3) is 6.91. The maximum atomic E-state index is 6.21. The molecule has 5 heteroatoms. The molecule has 0 N–H and O–H groups in total. The van der Waals surface area contributed by atoms with Gasteiger partial charge in [-0.25, -0.2) is 4.98 Å². The SMILES string of the molecule is C#C.CCN(C)/N=C(/OCc1ccc(-c2ccc3c(n2)=CCC=CC=3)cc1)C(C)c1ccncc1. The lowest BCUT2D eigenvalue weighted by atomic mass is 10.0. The summed E-state index contributed by atoms with van der Waals surface area (Å²) in [5.74, 6) is 0.732. The summed E-state index contributed by atoms with van der Waals surface area (Å²) in [6.07, 6.45) is 21.0. The number of ether oxygens (including phenoxy) is 1. The monoisotopic (exact) mass is 464 g/mol. The van der Waals surface area contributed by atoms with Crippen LogP contribution in [0.3, 0.4) is 0 Å². The zero-order valence-electron chi connectivity index (χ0n) is 20.6. The van der Waals surface area contributed by atoms with Gasteiger partial charge in [0.15, 0.2) is 0 Å². The van der Waals surface area contributed by atoms with E-state index in [-0.39, 0.29) is 5.92 Å². The molecule has 1 atom stereocenters. The van der Waals surface area contributed by atoms with Gasteiger partial charge in [-0.3, -0.25) is 9.99 Å². The van der Waals surface area contributed by atoms with Crippen molar-refractivity contribution in [2.24, 2.45) is 5.10 Å². The van der Waals surface area contributed by atoms with Gasteiger partial charge in [0.1, 0.15) is 6.61 Å². The van der Waals surface area contributed by atoms with E-state index >= 15 is 0 Å². The molecular formula is C30H32N4O. The Bertz CT molecular complexity index is 1290. The van der Waals surface area contributed by atoms with Crippen LogP contribution in [0.5, 0.6) is 0 Å². The molecule has 1 unspecified atom stereocenters. The Morgan fingerprint density at radius 1 is 1.09 bits per heavy atom. The van der Waals surface area contributed by atoms with E-state index in [0.717, 1.165) is 45.9 Å². The molecule has 2 heterocycles. The van der Waals surface area contributed by atoms with Crippen LogP contribution in [0.25, 0.3) is 23.4 Å². The highest BCUT2D eigenvalue weighted by Gasteiger charge is 2.16. The third-order valence-electron chi connectivity index (χ3n) is 5.76. The number of hydrogen-bond acceptors (Lipinski definition) is 5. The van der Waals surface area contributed by atoms with Crippen LogP contribution in [-0.2, 0) is 11.3 Å². The van der Waals surface area contributed by atoms with Crippen LogP contribution in [-0.4, -0.2) is 34.5 Å². The van der Waals surface area contributed by atoms with E-state index in [9.17, 15) is 0 Å². The molecular weight excluding hydrogens is 432 g/mol. The lowest BCUT2D eigenvalue weighted by Crippen LogP contribution is -2.27. The van der Waals surface area contributed by atoms with Crippen LogP contribution in [0.4, 0.5) is 0 Å². The third-order valence-corrected chi connectivity index (χ3v) is 5.76. The van der Waals surface area contributed by atoms with Gasteiger partial charge in [-0.1, -0.05) is 54.6 Å². The van der Waals surface area contributed by atoms with Gasteiger partial charge in [0.25, 0.3) is 0 Å². The van der Waals surface area contributed by atoms with Crippen LogP contribution in [0, 0.1) is 12.8 Å². The molecule has 1 aliphatic carbocycles. The number of aromatic nitrogens is 2. The Morgan fingerprint density at radius 3 is 2.54 bits per heavy atom. The van der Waals surface area contributed by atoms with Gasteiger partial charge in [-0.2, -0.15) is 0 Å². The Hall–Kier alpha value is -4.17. The second-order valence-corrected chi connectivity index (χ2v) is 8.11. The van der Waals surface area contributed by atoms with Crippen molar-refractivity contribution in [3.63, 3.8) is 0 Å². The van der Waals surface area contributed by atoms with E-state index in [1.165, 1.54) is 0 Å². The van der Waals surface area contributed by atoms with E-state index in [4.69, 9.17) is 9.72 Å². The van der Waals surface area contributed by atoms with Crippen molar-refractivity contribution < 1.29 is 4.74 Å². The predicted octanol–water partition coefficient (Wildman–Crippen LogP) is 4.50. The first-order chi connectivity index (χ1) is 17.1. The minimum atomic E-state index is 0.0348. The minimum absolute atomic E-state index is 0.0348. The van der Waals surface area contributed by atoms with Gasteiger partial charge in [-0.05, 0) is 54.8 Å². The average molecular weight is 465 g/mol. The van der Waals surface area contributed by atoms with E-state index < -0.39 is 0 Å². The van der Waals surface area contributed by atoms with E-state index in [1.807, 2.05) is 24.2 Å². The van der Waals surface area contributed by atoms with Crippen LogP contribution in [0.15, 0.2) is 78.2 Å². The normalized spacial score (nSPS) is 13.1. The van der Waals surface area contributed by atoms with Gasteiger partial charge in [0, 0.05) is 31.5 Å². The fraction of sp³-hybridized carbons (Fsp3) is 0.233. The molecule has 0 aliphatic heterocycles. The Kier molecular flexibility index (Phi) is 9.39. The zero-order chi connectivity index (χ0) is 25.0. The van der Waals surface area contributed by atoms with Gasteiger partial charge in [0.05, 0.1) is 17.0 Å². The molecule has 3 aromatic rings. The molecule has 0 spiro atoms. The summed E-state index contributed by atoms with van der Waals surface area (Å²) in [5.41, 5.74) is 4.29. The molecule has 1 aliphatic rings. The van der Waals surface area contributed by atoms with Crippen LogP contribution >= 0.6 is 0 Å². The number of hydrazone groups is 1. The zero-order valence-corrected chi connectivity index (χ0v) is 20.6. The van der Waals surface area contributed by atoms with Crippen molar-refractivity contribution in [2.45, 2.75) is 32.8 Å². The Morgan fingerprint density at radius 2 is 1.83 bits per heavy atom. The minimum Gasteiger partial charge on any atom is -0.474 e. The number of nitrogens with zero attached hydrogens (tertiary/aromatic N) is 4. The quantitative estimate of drug-likeness (QED) is 0.224. The lowest BCUT2D eigenvalue weighted by molar-refractivity contribution is 0.258. The fourth-order valence-electron chi connectivity index (χ4n) is 3.58. The summed E-state index contributed by atoms with van der Waals surface area (Å²) in [6, 6.07) is 16.6. The second-order valence-electron chi connectivity index (χ2n) is 8.11. The van der Waals surface area contributed by atoms with Gasteiger partial charge >= 0.3 is 0 Å². The predicted molar refractivity (Wildman–Crippen MR) is 145 cm³/mol. The van der Waals surface area contributed by atoms with Crippen molar-refractivity contribution in [2.75, 3.05) is 13.6 Å². The first-order valence-electron chi connectivity index (χ1n) is 11.7. The molecule has 0 bridgehead atoms. The summed E-state index contributed by atoms with van der Waals surface area (Å²) in [6.45, 7) is 5.44. The average Bonchev–Trinajstić information content (AvgIpc) is 3.17. The Balaban J connectivity index is 0.00000167. The summed E-state index contributed by atoms with van der Waals surface area (Å²) in [4.78, 5) is 8.97. The molecule has 4 rings (SSSR count). The van der Waals surface area contributed by atoms with Gasteiger partial charge in [-0.15, -0.1) is 17.9 Å². The highest BCUT2D eigenvalue weighted by Crippen LogP contribution is 2.20. The number of fused-ring (bicyclic) bond motifs is 1. The highest BCUT2D eigenvalue weighted by atomic mass is 16.5. The van der Waals surface area contributed by atoms with Crippen molar-refractivity contribution in [3.05, 3.63) is 94.8 Å². The van der Waals surface area contributed by atoms with Crippen LogP contribution < -0.4 is 10.6 Å². The van der Waals surface area contributed by atoms with Crippen molar-refractivity contribution in [1.29, 1.82) is 0 Å². The molecule has 0 fully saturated rings. The van der Waals surface area contributed by atoms with Gasteiger partial charge in [0.2, 0.25) is 5.90 Å².